The predicted molar refractivity (Wildman–Crippen MR) is 83.0 cm³/mol. The Balaban J connectivity index is 0.00000208. The SMILES string of the molecule is CCS(=O)c1nsnc1-c1nc2cc(C(F)(F)F)cnc2n1C.O. The van der Waals surface area contributed by atoms with Crippen LogP contribution in [0.25, 0.3) is 22.7 Å². The highest BCUT2D eigenvalue weighted by atomic mass is 32.2. The Bertz CT molecular complexity index is 906. The highest BCUT2D eigenvalue weighted by Gasteiger charge is 2.32. The quantitative estimate of drug-likeness (QED) is 0.690. The monoisotopic (exact) mass is 379 g/mol. The molecule has 7 nitrogen and oxygen atoms in total. The highest BCUT2D eigenvalue weighted by Crippen LogP contribution is 2.32. The first-order chi connectivity index (χ1) is 10.8. The summed E-state index contributed by atoms with van der Waals surface area (Å²) >= 11 is 0.884. The van der Waals surface area contributed by atoms with Crippen LogP contribution in [0.15, 0.2) is 17.3 Å². The molecule has 0 saturated carbocycles. The van der Waals surface area contributed by atoms with Gasteiger partial charge in [0.2, 0.25) is 0 Å². The van der Waals surface area contributed by atoms with E-state index in [-0.39, 0.29) is 27.5 Å². The molecule has 3 aromatic heterocycles. The van der Waals surface area contributed by atoms with Crippen LogP contribution in [0.2, 0.25) is 0 Å². The van der Waals surface area contributed by atoms with Gasteiger partial charge in [0.15, 0.2) is 22.2 Å². The van der Waals surface area contributed by atoms with Gasteiger partial charge in [-0.25, -0.2) is 9.97 Å². The van der Waals surface area contributed by atoms with Crippen molar-refractivity contribution < 1.29 is 22.9 Å². The Labute approximate surface area is 140 Å². The number of halogens is 3. The summed E-state index contributed by atoms with van der Waals surface area (Å²) in [6.45, 7) is 1.74. The third-order valence-corrected chi connectivity index (χ3v) is 5.07. The van der Waals surface area contributed by atoms with E-state index in [1.54, 1.807) is 14.0 Å². The number of pyridine rings is 1. The van der Waals surface area contributed by atoms with Crippen molar-refractivity contribution in [2.45, 2.75) is 18.1 Å². The van der Waals surface area contributed by atoms with Gasteiger partial charge in [-0.15, -0.1) is 0 Å². The molecule has 3 heterocycles. The van der Waals surface area contributed by atoms with E-state index in [1.165, 1.54) is 4.57 Å². The first-order valence-corrected chi connectivity index (χ1v) is 8.48. The normalized spacial score (nSPS) is 13.0. The maximum atomic E-state index is 12.8. The van der Waals surface area contributed by atoms with E-state index in [9.17, 15) is 17.4 Å². The minimum atomic E-state index is -4.49. The number of aryl methyl sites for hydroxylation is 1. The van der Waals surface area contributed by atoms with Crippen LogP contribution in [0, 0.1) is 0 Å². The standard InChI is InChI=1S/C12H10F3N5OS2.H2O/c1-3-23(21)11-8(18-22-19-11)10-17-7-4-6(12(13,14)15)5-16-9(7)20(10)2;/h4-5H,3H2,1-2H3;1H2. The molecular formula is C12H12F3N5O2S2. The average molecular weight is 379 g/mol. The van der Waals surface area contributed by atoms with Gasteiger partial charge in [-0.1, -0.05) is 6.92 Å². The van der Waals surface area contributed by atoms with E-state index in [1.807, 2.05) is 0 Å². The van der Waals surface area contributed by atoms with Gasteiger partial charge in [0.05, 0.1) is 28.1 Å². The molecule has 0 aliphatic rings. The lowest BCUT2D eigenvalue weighted by molar-refractivity contribution is -0.137. The Morgan fingerprint density at radius 1 is 1.33 bits per heavy atom. The molecule has 3 rings (SSSR count). The molecule has 12 heteroatoms. The van der Waals surface area contributed by atoms with Crippen LogP contribution in [0.3, 0.4) is 0 Å². The van der Waals surface area contributed by atoms with Crippen LogP contribution < -0.4 is 0 Å². The fourth-order valence-electron chi connectivity index (χ4n) is 2.05. The summed E-state index contributed by atoms with van der Waals surface area (Å²) in [5.41, 5.74) is -0.180. The second-order valence-electron chi connectivity index (χ2n) is 4.61. The van der Waals surface area contributed by atoms with Gasteiger partial charge in [0.25, 0.3) is 0 Å². The molecule has 1 atom stereocenters. The zero-order valence-corrected chi connectivity index (χ0v) is 14.1. The smallest absolute Gasteiger partial charge is 0.412 e. The van der Waals surface area contributed by atoms with E-state index >= 15 is 0 Å². The van der Waals surface area contributed by atoms with Crippen LogP contribution in [0.4, 0.5) is 13.2 Å². The van der Waals surface area contributed by atoms with Crippen molar-refractivity contribution in [3.63, 3.8) is 0 Å². The first kappa shape index (κ1) is 18.4. The fraction of sp³-hybridized carbons (Fsp3) is 0.333. The van der Waals surface area contributed by atoms with Crippen molar-refractivity contribution in [3.8, 4) is 11.5 Å². The maximum Gasteiger partial charge on any atom is 0.417 e. The number of hydrogen-bond acceptors (Lipinski definition) is 6. The lowest BCUT2D eigenvalue weighted by Crippen LogP contribution is -2.05. The Kier molecular flexibility index (Phi) is 5.01. The summed E-state index contributed by atoms with van der Waals surface area (Å²) in [6, 6.07) is 0.933. The molecule has 2 N–H and O–H groups in total. The molecular weight excluding hydrogens is 367 g/mol. The van der Waals surface area contributed by atoms with Gasteiger partial charge < -0.3 is 10.0 Å². The number of fused-ring (bicyclic) bond motifs is 1. The van der Waals surface area contributed by atoms with Crippen LogP contribution >= 0.6 is 11.7 Å². The maximum absolute atomic E-state index is 12.8. The van der Waals surface area contributed by atoms with Crippen molar-refractivity contribution in [2.75, 3.05) is 5.75 Å². The van der Waals surface area contributed by atoms with E-state index in [0.29, 0.717) is 11.4 Å². The molecule has 0 aliphatic carbocycles. The third kappa shape index (κ3) is 3.03. The van der Waals surface area contributed by atoms with Crippen molar-refractivity contribution in [1.29, 1.82) is 0 Å². The lowest BCUT2D eigenvalue weighted by atomic mass is 10.2. The number of nitrogens with zero attached hydrogens (tertiary/aromatic N) is 5. The van der Waals surface area contributed by atoms with Crippen molar-refractivity contribution in [3.05, 3.63) is 17.8 Å². The van der Waals surface area contributed by atoms with Gasteiger partial charge >= 0.3 is 6.18 Å². The largest absolute Gasteiger partial charge is 0.417 e. The molecule has 0 aliphatic heterocycles. The molecule has 130 valence electrons. The van der Waals surface area contributed by atoms with Crippen molar-refractivity contribution in [2.24, 2.45) is 7.05 Å². The molecule has 3 aromatic rings. The van der Waals surface area contributed by atoms with Gasteiger partial charge in [-0.2, -0.15) is 21.9 Å². The van der Waals surface area contributed by atoms with Crippen LogP contribution in [-0.2, 0) is 24.0 Å². The molecule has 0 spiro atoms. The molecule has 24 heavy (non-hydrogen) atoms. The Morgan fingerprint density at radius 2 is 2.04 bits per heavy atom. The van der Waals surface area contributed by atoms with Gasteiger partial charge in [-0.05, 0) is 6.07 Å². The van der Waals surface area contributed by atoms with Crippen molar-refractivity contribution in [1.82, 2.24) is 23.3 Å². The zero-order valence-electron chi connectivity index (χ0n) is 12.5. The third-order valence-electron chi connectivity index (χ3n) is 3.18. The summed E-state index contributed by atoms with van der Waals surface area (Å²) < 4.78 is 59.9. The summed E-state index contributed by atoms with van der Waals surface area (Å²) in [6.07, 6.45) is -3.73. The number of alkyl halides is 3. The minimum Gasteiger partial charge on any atom is -0.412 e. The van der Waals surface area contributed by atoms with Crippen molar-refractivity contribution >= 4 is 33.7 Å². The van der Waals surface area contributed by atoms with Gasteiger partial charge in [0, 0.05) is 19.0 Å². The average Bonchev–Trinajstić information content (AvgIpc) is 3.10. The predicted octanol–water partition coefficient (Wildman–Crippen LogP) is 1.81. The Hall–Kier alpha value is -1.92. The summed E-state index contributed by atoms with van der Waals surface area (Å²) in [4.78, 5) is 8.01. The number of rotatable bonds is 3. The first-order valence-electron chi connectivity index (χ1n) is 6.44. The molecule has 1 unspecified atom stereocenters. The van der Waals surface area contributed by atoms with E-state index in [2.05, 4.69) is 18.7 Å². The van der Waals surface area contributed by atoms with Gasteiger partial charge in [-0.3, -0.25) is 4.21 Å². The molecule has 0 aromatic carbocycles. The summed E-state index contributed by atoms with van der Waals surface area (Å²) in [7, 11) is 0.277. The molecule has 0 saturated heterocycles. The van der Waals surface area contributed by atoms with E-state index < -0.39 is 22.5 Å². The topological polar surface area (TPSA) is 105 Å². The summed E-state index contributed by atoms with van der Waals surface area (Å²) in [5.74, 6) is 0.649. The van der Waals surface area contributed by atoms with Gasteiger partial charge in [0.1, 0.15) is 5.52 Å². The highest BCUT2D eigenvalue weighted by molar-refractivity contribution is 7.85. The number of hydrogen-bond donors (Lipinski definition) is 0. The summed E-state index contributed by atoms with van der Waals surface area (Å²) in [5, 5.41) is 0.284. The molecule has 0 amide bonds. The van der Waals surface area contributed by atoms with Crippen LogP contribution in [0.5, 0.6) is 0 Å². The Morgan fingerprint density at radius 3 is 2.67 bits per heavy atom. The van der Waals surface area contributed by atoms with Crippen LogP contribution in [0.1, 0.15) is 12.5 Å². The van der Waals surface area contributed by atoms with Crippen LogP contribution in [-0.4, -0.2) is 38.7 Å². The minimum absolute atomic E-state index is 0. The zero-order chi connectivity index (χ0) is 16.8. The van der Waals surface area contributed by atoms with E-state index in [4.69, 9.17) is 0 Å². The number of imidazole rings is 1. The number of aromatic nitrogens is 5. The lowest BCUT2D eigenvalue weighted by Gasteiger charge is -2.05. The molecule has 0 bridgehead atoms. The fourth-order valence-corrected chi connectivity index (χ4v) is 3.61. The second kappa shape index (κ2) is 6.53. The molecule has 0 radical (unpaired) electrons. The van der Waals surface area contributed by atoms with E-state index in [0.717, 1.165) is 24.0 Å². The second-order valence-corrected chi connectivity index (χ2v) is 6.79. The molecule has 0 fully saturated rings.